The smallest absolute Gasteiger partial charge is 0.341 e. The summed E-state index contributed by atoms with van der Waals surface area (Å²) in [5, 5.41) is 9.41. The van der Waals surface area contributed by atoms with Crippen LogP contribution in [-0.2, 0) is 0 Å². The van der Waals surface area contributed by atoms with Crippen LogP contribution in [0, 0.1) is 0 Å². The molecule has 2 N–H and O–H groups in total. The molecule has 82 valence electrons. The van der Waals surface area contributed by atoms with E-state index in [2.05, 4.69) is 20.9 Å². The van der Waals surface area contributed by atoms with Crippen LogP contribution in [0.25, 0.3) is 10.9 Å². The van der Waals surface area contributed by atoms with Crippen LogP contribution >= 0.6 is 27.5 Å². The summed E-state index contributed by atoms with van der Waals surface area (Å²) in [4.78, 5) is 25.3. The molecule has 0 radical (unpaired) electrons. The third-order valence-corrected chi connectivity index (χ3v) is 3.35. The van der Waals surface area contributed by atoms with Crippen molar-refractivity contribution in [2.45, 2.75) is 0 Å². The minimum absolute atomic E-state index is 0.258. The molecular formula is C10H5BrClNO3. The lowest BCUT2D eigenvalue weighted by atomic mass is 10.1. The molecule has 6 heteroatoms. The summed E-state index contributed by atoms with van der Waals surface area (Å²) in [5.74, 6) is -1.26. The monoisotopic (exact) mass is 301 g/mol. The Kier molecular flexibility index (Phi) is 2.73. The van der Waals surface area contributed by atoms with Gasteiger partial charge in [-0.25, -0.2) is 4.79 Å². The van der Waals surface area contributed by atoms with Gasteiger partial charge in [-0.3, -0.25) is 4.79 Å². The van der Waals surface area contributed by atoms with Crippen LogP contribution < -0.4 is 5.43 Å². The number of benzene rings is 1. The first-order chi connectivity index (χ1) is 7.50. The van der Waals surface area contributed by atoms with Gasteiger partial charge in [0.05, 0.1) is 10.5 Å². The number of halogens is 2. The highest BCUT2D eigenvalue weighted by molar-refractivity contribution is 9.10. The molecule has 0 amide bonds. The van der Waals surface area contributed by atoms with Crippen molar-refractivity contribution in [1.82, 2.24) is 4.98 Å². The molecule has 2 rings (SSSR count). The lowest BCUT2D eigenvalue weighted by Gasteiger charge is -2.02. The van der Waals surface area contributed by atoms with Crippen LogP contribution in [0.3, 0.4) is 0 Å². The fourth-order valence-electron chi connectivity index (χ4n) is 1.37. The normalized spacial score (nSPS) is 10.6. The number of aromatic amines is 1. The molecule has 0 saturated carbocycles. The molecule has 0 bridgehead atoms. The number of hydrogen-bond donors (Lipinski definition) is 2. The van der Waals surface area contributed by atoms with E-state index in [4.69, 9.17) is 16.7 Å². The van der Waals surface area contributed by atoms with Crippen molar-refractivity contribution in [3.8, 4) is 0 Å². The topological polar surface area (TPSA) is 70.2 Å². The summed E-state index contributed by atoms with van der Waals surface area (Å²) < 4.78 is 0.639. The van der Waals surface area contributed by atoms with E-state index < -0.39 is 11.4 Å². The molecule has 0 spiro atoms. The maximum absolute atomic E-state index is 11.8. The van der Waals surface area contributed by atoms with Crippen LogP contribution in [0.4, 0.5) is 0 Å². The van der Waals surface area contributed by atoms with Gasteiger partial charge in [-0.15, -0.1) is 0 Å². The lowest BCUT2D eigenvalue weighted by Crippen LogP contribution is -2.15. The molecule has 0 aliphatic heterocycles. The number of pyridine rings is 1. The highest BCUT2D eigenvalue weighted by Gasteiger charge is 2.12. The number of nitrogens with one attached hydrogen (secondary N) is 1. The van der Waals surface area contributed by atoms with Crippen molar-refractivity contribution in [3.05, 3.63) is 43.6 Å². The van der Waals surface area contributed by atoms with Crippen LogP contribution in [0.15, 0.2) is 27.6 Å². The second-order valence-corrected chi connectivity index (χ2v) is 4.41. The fourth-order valence-corrected chi connectivity index (χ4v) is 1.88. The zero-order chi connectivity index (χ0) is 11.9. The Morgan fingerprint density at radius 2 is 2.12 bits per heavy atom. The van der Waals surface area contributed by atoms with E-state index in [0.717, 1.165) is 0 Å². The molecule has 2 aromatic rings. The number of carbonyl (C=O) groups is 1. The largest absolute Gasteiger partial charge is 0.477 e. The van der Waals surface area contributed by atoms with Gasteiger partial charge in [-0.05, 0) is 28.1 Å². The zero-order valence-corrected chi connectivity index (χ0v) is 10.1. The molecule has 0 fully saturated rings. The molecule has 0 aliphatic carbocycles. The average Bonchev–Trinajstić information content (AvgIpc) is 2.21. The van der Waals surface area contributed by atoms with Gasteiger partial charge < -0.3 is 10.1 Å². The predicted molar refractivity (Wildman–Crippen MR) is 64.2 cm³/mol. The first-order valence-corrected chi connectivity index (χ1v) is 5.41. The Labute approximate surface area is 103 Å². The summed E-state index contributed by atoms with van der Waals surface area (Å²) >= 11 is 9.06. The van der Waals surface area contributed by atoms with Crippen LogP contribution in [0.1, 0.15) is 10.4 Å². The fraction of sp³-hybridized carbons (Fsp3) is 0. The van der Waals surface area contributed by atoms with Crippen molar-refractivity contribution >= 4 is 44.4 Å². The molecule has 0 aliphatic rings. The summed E-state index contributed by atoms with van der Waals surface area (Å²) in [5.41, 5.74) is -0.312. The van der Waals surface area contributed by atoms with Crippen molar-refractivity contribution in [2.75, 3.05) is 0 Å². The molecule has 0 atom stereocenters. The average molecular weight is 303 g/mol. The number of fused-ring (bicyclic) bond motifs is 1. The van der Waals surface area contributed by atoms with E-state index in [1.165, 1.54) is 12.3 Å². The highest BCUT2D eigenvalue weighted by atomic mass is 79.9. The van der Waals surface area contributed by atoms with Crippen molar-refractivity contribution < 1.29 is 9.90 Å². The number of carboxylic acids is 1. The second kappa shape index (κ2) is 3.92. The first-order valence-electron chi connectivity index (χ1n) is 4.24. The van der Waals surface area contributed by atoms with Crippen molar-refractivity contribution in [3.63, 3.8) is 0 Å². The molecule has 1 heterocycles. The first kappa shape index (κ1) is 11.2. The Morgan fingerprint density at radius 3 is 2.75 bits per heavy atom. The Balaban J connectivity index is 2.90. The van der Waals surface area contributed by atoms with E-state index in [1.807, 2.05) is 0 Å². The van der Waals surface area contributed by atoms with Gasteiger partial charge in [0.2, 0.25) is 5.43 Å². The Morgan fingerprint density at radius 1 is 1.44 bits per heavy atom. The molecule has 0 saturated heterocycles. The summed E-state index contributed by atoms with van der Waals surface area (Å²) in [7, 11) is 0. The van der Waals surface area contributed by atoms with Gasteiger partial charge in [-0.1, -0.05) is 11.6 Å². The quantitative estimate of drug-likeness (QED) is 0.851. The summed E-state index contributed by atoms with van der Waals surface area (Å²) in [6, 6.07) is 3.07. The number of H-pyrrole nitrogens is 1. The van der Waals surface area contributed by atoms with Gasteiger partial charge in [0.1, 0.15) is 5.56 Å². The molecule has 4 nitrogen and oxygen atoms in total. The van der Waals surface area contributed by atoms with Gasteiger partial charge in [0.25, 0.3) is 0 Å². The molecule has 16 heavy (non-hydrogen) atoms. The van der Waals surface area contributed by atoms with E-state index in [0.29, 0.717) is 15.0 Å². The van der Waals surface area contributed by atoms with Crippen molar-refractivity contribution in [1.29, 1.82) is 0 Å². The minimum atomic E-state index is -1.26. The Hall–Kier alpha value is -1.33. The predicted octanol–water partition coefficient (Wildman–Crippen LogP) is 2.64. The maximum Gasteiger partial charge on any atom is 0.341 e. The van der Waals surface area contributed by atoms with Crippen LogP contribution in [-0.4, -0.2) is 16.1 Å². The van der Waals surface area contributed by atoms with Gasteiger partial charge in [-0.2, -0.15) is 0 Å². The summed E-state index contributed by atoms with van der Waals surface area (Å²) in [6.07, 6.45) is 1.17. The number of aromatic carboxylic acids is 1. The minimum Gasteiger partial charge on any atom is -0.477 e. The van der Waals surface area contributed by atoms with Gasteiger partial charge >= 0.3 is 5.97 Å². The number of rotatable bonds is 1. The number of carboxylic acid groups (broad SMARTS) is 1. The second-order valence-electron chi connectivity index (χ2n) is 3.15. The van der Waals surface area contributed by atoms with Crippen LogP contribution in [0.5, 0.6) is 0 Å². The third-order valence-electron chi connectivity index (χ3n) is 2.15. The number of aromatic nitrogens is 1. The molecular weight excluding hydrogens is 297 g/mol. The van der Waals surface area contributed by atoms with Gasteiger partial charge in [0, 0.05) is 16.1 Å². The van der Waals surface area contributed by atoms with E-state index >= 15 is 0 Å². The molecule has 1 aromatic carbocycles. The van der Waals surface area contributed by atoms with E-state index in [1.54, 1.807) is 6.07 Å². The van der Waals surface area contributed by atoms with E-state index in [-0.39, 0.29) is 10.9 Å². The van der Waals surface area contributed by atoms with Crippen molar-refractivity contribution in [2.24, 2.45) is 0 Å². The highest BCUT2D eigenvalue weighted by Crippen LogP contribution is 2.25. The third kappa shape index (κ3) is 1.72. The zero-order valence-electron chi connectivity index (χ0n) is 7.75. The molecule has 0 unspecified atom stereocenters. The summed E-state index contributed by atoms with van der Waals surface area (Å²) in [6.45, 7) is 0. The Bertz CT molecular complexity index is 650. The van der Waals surface area contributed by atoms with Gasteiger partial charge in [0.15, 0.2) is 0 Å². The maximum atomic E-state index is 11.8. The lowest BCUT2D eigenvalue weighted by molar-refractivity contribution is 0.0695. The number of hydrogen-bond acceptors (Lipinski definition) is 2. The molecule has 1 aromatic heterocycles. The standard InChI is InChI=1S/C10H5BrClNO3/c11-6-2-8-4(1-7(6)12)9(14)5(3-13-8)10(15)16/h1-3H,(H,13,14)(H,15,16). The van der Waals surface area contributed by atoms with Crippen LogP contribution in [0.2, 0.25) is 5.02 Å². The van der Waals surface area contributed by atoms with E-state index in [9.17, 15) is 9.59 Å². The SMILES string of the molecule is O=C(O)c1c[nH]c2cc(Br)c(Cl)cc2c1=O.